The Kier molecular flexibility index (Phi) is 6.61. The molecule has 0 atom stereocenters. The van der Waals surface area contributed by atoms with E-state index in [9.17, 15) is 14.7 Å². The van der Waals surface area contributed by atoms with Gasteiger partial charge in [0.1, 0.15) is 5.60 Å². The molecule has 1 aliphatic carbocycles. The number of para-hydroxylation sites is 1. The molecule has 2 amide bonds. The molecule has 2 aromatic heterocycles. The molecule has 1 fully saturated rings. The first-order valence-electron chi connectivity index (χ1n) is 11.1. The van der Waals surface area contributed by atoms with Crippen LogP contribution in [0.4, 0.5) is 17.2 Å². The summed E-state index contributed by atoms with van der Waals surface area (Å²) in [6.45, 7) is 3.27. The number of benzene rings is 1. The minimum Gasteiger partial charge on any atom is -0.494 e. The molecule has 0 aliphatic heterocycles. The summed E-state index contributed by atoms with van der Waals surface area (Å²) in [7, 11) is 3.02. The molecule has 11 heteroatoms. The fourth-order valence-corrected chi connectivity index (χ4v) is 3.39. The van der Waals surface area contributed by atoms with E-state index >= 15 is 0 Å². The highest BCUT2D eigenvalue weighted by Crippen LogP contribution is 2.38. The van der Waals surface area contributed by atoms with Gasteiger partial charge in [0, 0.05) is 24.6 Å². The van der Waals surface area contributed by atoms with Crippen molar-refractivity contribution >= 4 is 29.0 Å². The Morgan fingerprint density at radius 3 is 2.49 bits per heavy atom. The Balaban J connectivity index is 1.70. The van der Waals surface area contributed by atoms with Crippen LogP contribution in [0.2, 0.25) is 0 Å². The molecule has 35 heavy (non-hydrogen) atoms. The number of hydrogen-bond acceptors (Lipinski definition) is 9. The number of rotatable bonds is 8. The van der Waals surface area contributed by atoms with E-state index in [2.05, 4.69) is 36.1 Å². The van der Waals surface area contributed by atoms with Crippen LogP contribution in [-0.2, 0) is 10.4 Å². The number of aliphatic hydroxyl groups is 1. The molecule has 182 valence electrons. The van der Waals surface area contributed by atoms with Crippen molar-refractivity contribution in [1.29, 1.82) is 0 Å². The summed E-state index contributed by atoms with van der Waals surface area (Å²) in [5.41, 5.74) is 1.44. The van der Waals surface area contributed by atoms with Crippen LogP contribution in [0.1, 0.15) is 42.9 Å². The van der Waals surface area contributed by atoms with E-state index < -0.39 is 11.5 Å². The number of carbonyl (C=O) groups excluding carboxylic acids is 2. The third-order valence-electron chi connectivity index (χ3n) is 5.48. The molecule has 4 rings (SSSR count). The van der Waals surface area contributed by atoms with Crippen LogP contribution >= 0.6 is 0 Å². The molecule has 0 radical (unpaired) electrons. The molecule has 1 aliphatic rings. The first-order valence-corrected chi connectivity index (χ1v) is 11.1. The summed E-state index contributed by atoms with van der Waals surface area (Å²) < 4.78 is 5.68. The molecular weight excluding hydrogens is 450 g/mol. The highest BCUT2D eigenvalue weighted by atomic mass is 16.5. The molecule has 0 spiro atoms. The molecular formula is C24H27N7O4. The molecule has 0 bridgehead atoms. The maximum atomic E-state index is 12.4. The van der Waals surface area contributed by atoms with Crippen LogP contribution in [-0.4, -0.2) is 51.2 Å². The summed E-state index contributed by atoms with van der Waals surface area (Å²) >= 11 is 0. The number of methoxy groups -OCH3 is 1. The number of aromatic nitrogens is 4. The van der Waals surface area contributed by atoms with E-state index in [1.807, 2.05) is 6.07 Å². The van der Waals surface area contributed by atoms with Gasteiger partial charge in [-0.1, -0.05) is 6.07 Å². The average molecular weight is 478 g/mol. The first kappa shape index (κ1) is 24.0. The third-order valence-corrected chi connectivity index (χ3v) is 5.48. The van der Waals surface area contributed by atoms with Gasteiger partial charge in [0.25, 0.3) is 5.91 Å². The van der Waals surface area contributed by atoms with E-state index in [1.165, 1.54) is 20.4 Å². The van der Waals surface area contributed by atoms with Crippen molar-refractivity contribution in [3.05, 3.63) is 48.0 Å². The summed E-state index contributed by atoms with van der Waals surface area (Å²) in [6, 6.07) is 6.96. The number of anilines is 3. The Hall–Kier alpha value is -4.12. The molecule has 11 nitrogen and oxygen atoms in total. The largest absolute Gasteiger partial charge is 0.494 e. The lowest BCUT2D eigenvalue weighted by Gasteiger charge is -2.18. The van der Waals surface area contributed by atoms with Crippen molar-refractivity contribution in [2.45, 2.75) is 32.3 Å². The Morgan fingerprint density at radius 1 is 1.11 bits per heavy atom. The zero-order valence-corrected chi connectivity index (χ0v) is 19.9. The number of hydrogen-bond donors (Lipinski definition) is 4. The normalized spacial score (nSPS) is 13.2. The number of nitrogens with one attached hydrogen (secondary N) is 3. The van der Waals surface area contributed by atoms with E-state index in [0.29, 0.717) is 34.1 Å². The zero-order chi connectivity index (χ0) is 25.2. The van der Waals surface area contributed by atoms with Crippen LogP contribution in [0.3, 0.4) is 0 Å². The van der Waals surface area contributed by atoms with Crippen LogP contribution < -0.4 is 20.7 Å². The van der Waals surface area contributed by atoms with Crippen LogP contribution in [0.5, 0.6) is 5.75 Å². The summed E-state index contributed by atoms with van der Waals surface area (Å²) in [4.78, 5) is 33.4. The molecule has 0 saturated heterocycles. The SMILES string of the molecule is CNC(=O)c1nnc(NC(=O)C2CC2)cc1Nc1cccc(-c2cnc(C(C)(C)O)cn2)c1OC. The van der Waals surface area contributed by atoms with E-state index in [-0.39, 0.29) is 23.3 Å². The quantitative estimate of drug-likeness (QED) is 0.384. The summed E-state index contributed by atoms with van der Waals surface area (Å²) in [5.74, 6) is 0.127. The lowest BCUT2D eigenvalue weighted by molar-refractivity contribution is -0.117. The van der Waals surface area contributed by atoms with Crippen molar-refractivity contribution in [3.8, 4) is 17.0 Å². The van der Waals surface area contributed by atoms with Gasteiger partial charge in [-0.15, -0.1) is 10.2 Å². The number of ether oxygens (including phenoxy) is 1. The zero-order valence-electron chi connectivity index (χ0n) is 19.9. The van der Waals surface area contributed by atoms with Crippen LogP contribution in [0, 0.1) is 5.92 Å². The summed E-state index contributed by atoms with van der Waals surface area (Å²) in [6.07, 6.45) is 4.78. The van der Waals surface area contributed by atoms with Gasteiger partial charge in [-0.3, -0.25) is 19.6 Å². The highest BCUT2D eigenvalue weighted by molar-refractivity contribution is 6.00. The molecule has 1 aromatic carbocycles. The second kappa shape index (κ2) is 9.63. The maximum Gasteiger partial charge on any atom is 0.273 e. The lowest BCUT2D eigenvalue weighted by atomic mass is 10.1. The van der Waals surface area contributed by atoms with Gasteiger partial charge in [0.2, 0.25) is 5.91 Å². The van der Waals surface area contributed by atoms with Gasteiger partial charge in [-0.2, -0.15) is 0 Å². The Bertz CT molecular complexity index is 1250. The van der Waals surface area contributed by atoms with Gasteiger partial charge < -0.3 is 25.8 Å². The monoisotopic (exact) mass is 477 g/mol. The molecule has 4 N–H and O–H groups in total. The van der Waals surface area contributed by atoms with Gasteiger partial charge in [0.15, 0.2) is 17.3 Å². The Morgan fingerprint density at radius 2 is 1.89 bits per heavy atom. The summed E-state index contributed by atoms with van der Waals surface area (Å²) in [5, 5.41) is 26.6. The van der Waals surface area contributed by atoms with E-state index in [0.717, 1.165) is 12.8 Å². The number of carbonyl (C=O) groups is 2. The fraction of sp³-hybridized carbons (Fsp3) is 0.333. The van der Waals surface area contributed by atoms with Gasteiger partial charge in [-0.25, -0.2) is 0 Å². The van der Waals surface area contributed by atoms with E-state index in [4.69, 9.17) is 4.74 Å². The van der Waals surface area contributed by atoms with Gasteiger partial charge >= 0.3 is 0 Å². The molecule has 1 saturated carbocycles. The standard InChI is InChI=1S/C24H27N7O4/c1-24(2,34)18-12-26-17(11-27-18)14-6-5-7-15(21(14)35-4)28-16-10-19(29-22(32)13-8-9-13)30-31-20(16)23(33)25-3/h5-7,10-13,34H,8-9H2,1-4H3,(H,25,33)(H2,28,29,30,32). The second-order valence-corrected chi connectivity index (χ2v) is 8.69. The highest BCUT2D eigenvalue weighted by Gasteiger charge is 2.30. The minimum atomic E-state index is -1.11. The smallest absolute Gasteiger partial charge is 0.273 e. The average Bonchev–Trinajstić information content (AvgIpc) is 3.69. The minimum absolute atomic E-state index is 0.00694. The maximum absolute atomic E-state index is 12.4. The van der Waals surface area contributed by atoms with Crippen molar-refractivity contribution in [1.82, 2.24) is 25.5 Å². The van der Waals surface area contributed by atoms with Crippen LogP contribution in [0.15, 0.2) is 36.7 Å². The van der Waals surface area contributed by atoms with Crippen molar-refractivity contribution in [3.63, 3.8) is 0 Å². The van der Waals surface area contributed by atoms with Gasteiger partial charge in [0.05, 0.1) is 42.3 Å². The predicted molar refractivity (Wildman–Crippen MR) is 129 cm³/mol. The Labute approximate surface area is 202 Å². The van der Waals surface area contributed by atoms with Gasteiger partial charge in [-0.05, 0) is 38.8 Å². The lowest BCUT2D eigenvalue weighted by Crippen LogP contribution is -2.22. The molecule has 2 heterocycles. The first-order chi connectivity index (χ1) is 16.7. The van der Waals surface area contributed by atoms with Crippen molar-refractivity contribution in [2.75, 3.05) is 24.8 Å². The van der Waals surface area contributed by atoms with Crippen molar-refractivity contribution in [2.24, 2.45) is 5.92 Å². The fourth-order valence-electron chi connectivity index (χ4n) is 3.39. The number of nitrogens with zero attached hydrogens (tertiary/aromatic N) is 4. The van der Waals surface area contributed by atoms with Crippen LogP contribution in [0.25, 0.3) is 11.3 Å². The second-order valence-electron chi connectivity index (χ2n) is 8.69. The molecule has 0 unspecified atom stereocenters. The number of amides is 2. The molecule has 3 aromatic rings. The topological polar surface area (TPSA) is 151 Å². The van der Waals surface area contributed by atoms with E-state index in [1.54, 1.807) is 38.2 Å². The predicted octanol–water partition coefficient (Wildman–Crippen LogP) is 2.62. The third kappa shape index (κ3) is 5.35. The van der Waals surface area contributed by atoms with Crippen molar-refractivity contribution < 1.29 is 19.4 Å².